The van der Waals surface area contributed by atoms with Gasteiger partial charge in [0.25, 0.3) is 0 Å². The van der Waals surface area contributed by atoms with Gasteiger partial charge < -0.3 is 29.0 Å². The average Bonchev–Trinajstić information content (AvgIpc) is 2.85. The van der Waals surface area contributed by atoms with Crippen LogP contribution in [0.25, 0.3) is 0 Å². The summed E-state index contributed by atoms with van der Waals surface area (Å²) in [4.78, 5) is 36.8. The van der Waals surface area contributed by atoms with Gasteiger partial charge in [0.1, 0.15) is 22.9 Å². The van der Waals surface area contributed by atoms with E-state index in [1.54, 1.807) is 77.1 Å². The van der Waals surface area contributed by atoms with E-state index in [0.29, 0.717) is 22.6 Å². The number of hydrogen-bond acceptors (Lipinski definition) is 10. The zero-order valence-electron chi connectivity index (χ0n) is 22.5. The number of amides is 1. The van der Waals surface area contributed by atoms with Crippen molar-refractivity contribution in [1.29, 1.82) is 5.41 Å². The number of carbonyl (C=O) groups excluding carboxylic acids is 3. The molecule has 1 unspecified atom stereocenters. The molecule has 3 N–H and O–H groups in total. The van der Waals surface area contributed by atoms with Crippen LogP contribution in [0, 0.1) is 5.41 Å². The minimum absolute atomic E-state index is 0.143. The average molecular weight is 530 g/mol. The van der Waals surface area contributed by atoms with Crippen LogP contribution in [-0.4, -0.2) is 56.4 Å². The van der Waals surface area contributed by atoms with E-state index in [9.17, 15) is 14.4 Å². The number of methoxy groups -OCH3 is 1. The topological polar surface area (TPSA) is 145 Å². The molecule has 0 bridgehead atoms. The Labute approximate surface area is 222 Å². The molecule has 11 nitrogen and oxygen atoms in total. The molecule has 2 aromatic rings. The molecule has 0 saturated carbocycles. The zero-order chi connectivity index (χ0) is 28.3. The van der Waals surface area contributed by atoms with E-state index in [2.05, 4.69) is 10.6 Å². The molecule has 11 heteroatoms. The Balaban J connectivity index is 2.29. The van der Waals surface area contributed by atoms with Crippen molar-refractivity contribution in [2.45, 2.75) is 46.3 Å². The first-order chi connectivity index (χ1) is 18.0. The SMILES string of the molecule is CCOC(=O)COc1ccc(OC)cc1C(Nc1ccc(C(=N)NC(=O)OC(C)(C)C)cc1)C(=O)OCC. The van der Waals surface area contributed by atoms with E-state index in [0.717, 1.165) is 0 Å². The molecule has 0 aliphatic rings. The molecular weight excluding hydrogens is 494 g/mol. The van der Waals surface area contributed by atoms with Crippen LogP contribution in [0.1, 0.15) is 51.8 Å². The summed E-state index contributed by atoms with van der Waals surface area (Å²) < 4.78 is 26.4. The number of ether oxygens (including phenoxy) is 5. The highest BCUT2D eigenvalue weighted by atomic mass is 16.6. The third-order valence-corrected chi connectivity index (χ3v) is 4.81. The third-order valence-electron chi connectivity index (χ3n) is 4.81. The van der Waals surface area contributed by atoms with Gasteiger partial charge in [-0.25, -0.2) is 14.4 Å². The Kier molecular flexibility index (Phi) is 10.9. The van der Waals surface area contributed by atoms with Crippen molar-refractivity contribution < 1.29 is 38.1 Å². The number of amidine groups is 1. The van der Waals surface area contributed by atoms with Gasteiger partial charge in [0, 0.05) is 16.8 Å². The second-order valence-corrected chi connectivity index (χ2v) is 8.91. The highest BCUT2D eigenvalue weighted by molar-refractivity contribution is 6.04. The molecule has 1 amide bonds. The van der Waals surface area contributed by atoms with E-state index >= 15 is 0 Å². The predicted molar refractivity (Wildman–Crippen MR) is 141 cm³/mol. The lowest BCUT2D eigenvalue weighted by Crippen LogP contribution is -2.36. The summed E-state index contributed by atoms with van der Waals surface area (Å²) in [7, 11) is 1.49. The maximum atomic E-state index is 13.0. The van der Waals surface area contributed by atoms with E-state index < -0.39 is 29.7 Å². The molecule has 38 heavy (non-hydrogen) atoms. The maximum absolute atomic E-state index is 13.0. The van der Waals surface area contributed by atoms with Crippen LogP contribution in [0.4, 0.5) is 10.5 Å². The van der Waals surface area contributed by atoms with Crippen molar-refractivity contribution in [1.82, 2.24) is 5.32 Å². The fourth-order valence-corrected chi connectivity index (χ4v) is 3.22. The highest BCUT2D eigenvalue weighted by Crippen LogP contribution is 2.33. The Morgan fingerprint density at radius 3 is 2.21 bits per heavy atom. The van der Waals surface area contributed by atoms with Crippen LogP contribution in [0.5, 0.6) is 11.5 Å². The quantitative estimate of drug-likeness (QED) is 0.169. The van der Waals surface area contributed by atoms with Crippen LogP contribution in [0.3, 0.4) is 0 Å². The van der Waals surface area contributed by atoms with Crippen molar-refractivity contribution in [3.63, 3.8) is 0 Å². The van der Waals surface area contributed by atoms with Crippen LogP contribution >= 0.6 is 0 Å². The fraction of sp³-hybridized carbons (Fsp3) is 0.407. The van der Waals surface area contributed by atoms with Gasteiger partial charge in [-0.3, -0.25) is 10.7 Å². The lowest BCUT2D eigenvalue weighted by molar-refractivity contribution is -0.145. The van der Waals surface area contributed by atoms with Gasteiger partial charge in [0.05, 0.1) is 20.3 Å². The number of carbonyl (C=O) groups is 3. The van der Waals surface area contributed by atoms with Crippen LogP contribution in [-0.2, 0) is 23.8 Å². The molecule has 2 rings (SSSR count). The van der Waals surface area contributed by atoms with Gasteiger partial charge in [-0.15, -0.1) is 0 Å². The maximum Gasteiger partial charge on any atom is 0.413 e. The molecule has 1 atom stereocenters. The number of anilines is 1. The molecule has 0 spiro atoms. The van der Waals surface area contributed by atoms with Crippen molar-refractivity contribution in [3.05, 3.63) is 53.6 Å². The molecule has 0 heterocycles. The summed E-state index contributed by atoms with van der Waals surface area (Å²) in [5.41, 5.74) is 0.639. The lowest BCUT2D eigenvalue weighted by Gasteiger charge is -2.22. The molecule has 0 fully saturated rings. The number of benzene rings is 2. The van der Waals surface area contributed by atoms with Gasteiger partial charge in [-0.2, -0.15) is 0 Å². The van der Waals surface area contributed by atoms with Gasteiger partial charge in [-0.05, 0) is 77.1 Å². The zero-order valence-corrected chi connectivity index (χ0v) is 22.5. The van der Waals surface area contributed by atoms with Gasteiger partial charge in [0.15, 0.2) is 12.6 Å². The molecule has 0 aliphatic heterocycles. The largest absolute Gasteiger partial charge is 0.497 e. The molecule has 0 radical (unpaired) electrons. The monoisotopic (exact) mass is 529 g/mol. The first kappa shape index (κ1) is 29.9. The Morgan fingerprint density at radius 2 is 1.63 bits per heavy atom. The van der Waals surface area contributed by atoms with E-state index in [1.165, 1.54) is 7.11 Å². The summed E-state index contributed by atoms with van der Waals surface area (Å²) in [6.45, 7) is 8.58. The van der Waals surface area contributed by atoms with Gasteiger partial charge in [0.2, 0.25) is 0 Å². The van der Waals surface area contributed by atoms with Crippen molar-refractivity contribution >= 4 is 29.6 Å². The van der Waals surface area contributed by atoms with E-state index in [4.69, 9.17) is 29.1 Å². The summed E-state index contributed by atoms with van der Waals surface area (Å²) >= 11 is 0. The summed E-state index contributed by atoms with van der Waals surface area (Å²) in [5, 5.41) is 13.6. The van der Waals surface area contributed by atoms with Crippen LogP contribution in [0.2, 0.25) is 0 Å². The lowest BCUT2D eigenvalue weighted by atomic mass is 10.0. The summed E-state index contributed by atoms with van der Waals surface area (Å²) in [6, 6.07) is 10.3. The smallest absolute Gasteiger partial charge is 0.413 e. The molecule has 206 valence electrons. The molecule has 0 aromatic heterocycles. The summed E-state index contributed by atoms with van der Waals surface area (Å²) in [6.07, 6.45) is -0.736. The van der Waals surface area contributed by atoms with Gasteiger partial charge in [-0.1, -0.05) is 0 Å². The minimum Gasteiger partial charge on any atom is -0.497 e. The number of rotatable bonds is 11. The third kappa shape index (κ3) is 9.30. The number of alkyl carbamates (subject to hydrolysis) is 1. The minimum atomic E-state index is -1.02. The van der Waals surface area contributed by atoms with Crippen molar-refractivity contribution in [3.8, 4) is 11.5 Å². The van der Waals surface area contributed by atoms with Crippen LogP contribution in [0.15, 0.2) is 42.5 Å². The first-order valence-corrected chi connectivity index (χ1v) is 12.1. The standard InChI is InChI=1S/C27H35N3O8/c1-7-35-22(31)16-37-21-14-13-19(34-6)15-20(21)23(25(32)36-8-2)29-18-11-9-17(10-12-18)24(28)30-26(33)38-27(3,4)5/h9-15,23,29H,7-8,16H2,1-6H3,(H2,28,30,33). The normalized spacial score (nSPS) is 11.5. The van der Waals surface area contributed by atoms with E-state index in [-0.39, 0.29) is 31.4 Å². The van der Waals surface area contributed by atoms with Crippen molar-refractivity contribution in [2.75, 3.05) is 32.2 Å². The Hall–Kier alpha value is -4.28. The molecular formula is C27H35N3O8. The second-order valence-electron chi connectivity index (χ2n) is 8.91. The second kappa shape index (κ2) is 13.9. The Morgan fingerprint density at radius 1 is 0.974 bits per heavy atom. The Bertz CT molecular complexity index is 1130. The van der Waals surface area contributed by atoms with Crippen molar-refractivity contribution in [2.24, 2.45) is 0 Å². The van der Waals surface area contributed by atoms with Crippen LogP contribution < -0.4 is 20.1 Å². The van der Waals surface area contributed by atoms with Gasteiger partial charge >= 0.3 is 18.0 Å². The highest BCUT2D eigenvalue weighted by Gasteiger charge is 2.27. The number of hydrogen-bond donors (Lipinski definition) is 3. The fourth-order valence-electron chi connectivity index (χ4n) is 3.22. The molecule has 0 aliphatic carbocycles. The molecule has 2 aromatic carbocycles. The van der Waals surface area contributed by atoms with E-state index in [1.807, 2.05) is 0 Å². The summed E-state index contributed by atoms with van der Waals surface area (Å²) in [5.74, 6) is -0.533. The number of esters is 2. The number of nitrogens with one attached hydrogen (secondary N) is 3. The molecule has 0 saturated heterocycles. The predicted octanol–water partition coefficient (Wildman–Crippen LogP) is 4.20. The first-order valence-electron chi connectivity index (χ1n) is 12.1.